The van der Waals surface area contributed by atoms with Crippen molar-refractivity contribution in [2.45, 2.75) is 32.4 Å². The highest BCUT2D eigenvalue weighted by Crippen LogP contribution is 2.18. The van der Waals surface area contributed by atoms with Crippen molar-refractivity contribution in [3.8, 4) is 17.9 Å². The Morgan fingerprint density at radius 1 is 1.50 bits per heavy atom. The Labute approximate surface area is 113 Å². The summed E-state index contributed by atoms with van der Waals surface area (Å²) in [5, 5.41) is 17.3. The number of hydrogen-bond donors (Lipinski definition) is 1. The summed E-state index contributed by atoms with van der Waals surface area (Å²) < 4.78 is 0. The second-order valence-corrected chi connectivity index (χ2v) is 5.34. The highest BCUT2D eigenvalue weighted by molar-refractivity contribution is 7.12. The molecule has 0 aliphatic carbocycles. The van der Waals surface area contributed by atoms with Crippen molar-refractivity contribution in [2.75, 3.05) is 13.7 Å². The monoisotopic (exact) mass is 262 g/mol. The fourth-order valence-corrected chi connectivity index (χ4v) is 2.37. The van der Waals surface area contributed by atoms with Crippen LogP contribution in [0.15, 0.2) is 12.1 Å². The SMILES string of the molecule is CC(CC#N)N(C)Cc1ccc(C#CCCO)s1. The molecule has 0 amide bonds. The maximum atomic E-state index is 8.66. The molecule has 1 rings (SSSR count). The molecule has 1 heterocycles. The highest BCUT2D eigenvalue weighted by Gasteiger charge is 2.10. The van der Waals surface area contributed by atoms with Crippen molar-refractivity contribution >= 4 is 11.3 Å². The van der Waals surface area contributed by atoms with Crippen LogP contribution < -0.4 is 0 Å². The van der Waals surface area contributed by atoms with Gasteiger partial charge >= 0.3 is 0 Å². The predicted molar refractivity (Wildman–Crippen MR) is 74.1 cm³/mol. The molecular formula is C14H18N2OS. The van der Waals surface area contributed by atoms with Gasteiger partial charge in [0.15, 0.2) is 0 Å². The largest absolute Gasteiger partial charge is 0.395 e. The summed E-state index contributed by atoms with van der Waals surface area (Å²) in [4.78, 5) is 4.44. The summed E-state index contributed by atoms with van der Waals surface area (Å²) in [6.45, 7) is 3.01. The molecule has 0 bridgehead atoms. The minimum Gasteiger partial charge on any atom is -0.395 e. The lowest BCUT2D eigenvalue weighted by molar-refractivity contribution is 0.254. The van der Waals surface area contributed by atoms with E-state index in [-0.39, 0.29) is 12.6 Å². The number of nitrogens with zero attached hydrogens (tertiary/aromatic N) is 2. The third-order valence-corrected chi connectivity index (χ3v) is 3.64. The molecule has 4 heteroatoms. The number of nitriles is 1. The minimum absolute atomic E-state index is 0.111. The first-order chi connectivity index (χ1) is 8.67. The van der Waals surface area contributed by atoms with Gasteiger partial charge in [-0.05, 0) is 26.1 Å². The van der Waals surface area contributed by atoms with Gasteiger partial charge in [0.05, 0.1) is 24.0 Å². The molecule has 1 N–H and O–H groups in total. The van der Waals surface area contributed by atoms with Crippen LogP contribution in [-0.2, 0) is 6.54 Å². The zero-order chi connectivity index (χ0) is 13.4. The molecule has 1 atom stereocenters. The van der Waals surface area contributed by atoms with E-state index in [0.29, 0.717) is 12.8 Å². The molecule has 18 heavy (non-hydrogen) atoms. The lowest BCUT2D eigenvalue weighted by Crippen LogP contribution is -2.27. The second kappa shape index (κ2) is 7.89. The molecular weight excluding hydrogens is 244 g/mol. The van der Waals surface area contributed by atoms with Crippen LogP contribution in [0, 0.1) is 23.2 Å². The first-order valence-electron chi connectivity index (χ1n) is 5.93. The van der Waals surface area contributed by atoms with Gasteiger partial charge in [0.1, 0.15) is 0 Å². The quantitative estimate of drug-likeness (QED) is 0.828. The van der Waals surface area contributed by atoms with Crippen LogP contribution in [0.25, 0.3) is 0 Å². The number of aliphatic hydroxyl groups excluding tert-OH is 1. The van der Waals surface area contributed by atoms with Gasteiger partial charge in [0.25, 0.3) is 0 Å². The molecule has 0 aliphatic heterocycles. The Morgan fingerprint density at radius 2 is 2.28 bits per heavy atom. The van der Waals surface area contributed by atoms with Crippen LogP contribution in [0.4, 0.5) is 0 Å². The van der Waals surface area contributed by atoms with Crippen LogP contribution in [0.5, 0.6) is 0 Å². The molecule has 1 unspecified atom stereocenters. The molecule has 0 fully saturated rings. The first kappa shape index (κ1) is 14.7. The van der Waals surface area contributed by atoms with Crippen molar-refractivity contribution < 1.29 is 5.11 Å². The van der Waals surface area contributed by atoms with Gasteiger partial charge < -0.3 is 5.11 Å². The van der Waals surface area contributed by atoms with Gasteiger partial charge in [-0.25, -0.2) is 0 Å². The van der Waals surface area contributed by atoms with E-state index < -0.39 is 0 Å². The zero-order valence-electron chi connectivity index (χ0n) is 10.8. The van der Waals surface area contributed by atoms with Crippen molar-refractivity contribution in [1.82, 2.24) is 4.90 Å². The normalized spacial score (nSPS) is 11.7. The molecule has 0 saturated carbocycles. The van der Waals surface area contributed by atoms with Gasteiger partial charge in [-0.3, -0.25) is 4.90 Å². The standard InChI is InChI=1S/C14H18N2OS/c1-12(8-9-15)16(2)11-14-7-6-13(18-14)5-3-4-10-17/h6-7,12,17H,4,8,10-11H2,1-2H3. The summed E-state index contributed by atoms with van der Waals surface area (Å²) in [7, 11) is 2.03. The topological polar surface area (TPSA) is 47.3 Å². The lowest BCUT2D eigenvalue weighted by atomic mass is 10.2. The van der Waals surface area contributed by atoms with Crippen LogP contribution in [0.3, 0.4) is 0 Å². The molecule has 0 spiro atoms. The first-order valence-corrected chi connectivity index (χ1v) is 6.74. The minimum atomic E-state index is 0.111. The van der Waals surface area contributed by atoms with Gasteiger partial charge in [-0.15, -0.1) is 11.3 Å². The molecule has 0 aliphatic rings. The zero-order valence-corrected chi connectivity index (χ0v) is 11.6. The van der Waals surface area contributed by atoms with Crippen LogP contribution in [0.1, 0.15) is 29.5 Å². The number of rotatable bonds is 5. The molecule has 0 saturated heterocycles. The van der Waals surface area contributed by atoms with Crippen molar-refractivity contribution in [1.29, 1.82) is 5.26 Å². The highest BCUT2D eigenvalue weighted by atomic mass is 32.1. The molecule has 0 aromatic carbocycles. The average molecular weight is 262 g/mol. The van der Waals surface area contributed by atoms with Crippen molar-refractivity contribution in [2.24, 2.45) is 0 Å². The fraction of sp³-hybridized carbons (Fsp3) is 0.500. The summed E-state index contributed by atoms with van der Waals surface area (Å²) in [5.41, 5.74) is 0. The fourth-order valence-electron chi connectivity index (χ4n) is 1.43. The van der Waals surface area contributed by atoms with E-state index in [0.717, 1.165) is 11.4 Å². The Morgan fingerprint density at radius 3 is 2.94 bits per heavy atom. The van der Waals surface area contributed by atoms with E-state index in [9.17, 15) is 0 Å². The van der Waals surface area contributed by atoms with E-state index in [1.54, 1.807) is 11.3 Å². The van der Waals surface area contributed by atoms with Gasteiger partial charge in [-0.1, -0.05) is 11.8 Å². The average Bonchev–Trinajstić information content (AvgIpc) is 2.77. The Kier molecular flexibility index (Phi) is 6.46. The predicted octanol–water partition coefficient (Wildman–Crippen LogP) is 2.22. The lowest BCUT2D eigenvalue weighted by Gasteiger charge is -2.21. The molecule has 1 aromatic rings. The molecule has 1 aromatic heterocycles. The van der Waals surface area contributed by atoms with Gasteiger partial charge in [-0.2, -0.15) is 5.26 Å². The number of thiophene rings is 1. The number of aliphatic hydroxyl groups is 1. The Balaban J connectivity index is 2.54. The van der Waals surface area contributed by atoms with Gasteiger partial charge in [0.2, 0.25) is 0 Å². The van der Waals surface area contributed by atoms with E-state index in [1.165, 1.54) is 4.88 Å². The summed E-state index contributed by atoms with van der Waals surface area (Å²) in [5.74, 6) is 5.95. The van der Waals surface area contributed by atoms with Crippen molar-refractivity contribution in [3.63, 3.8) is 0 Å². The maximum Gasteiger partial charge on any atom is 0.0771 e. The molecule has 96 valence electrons. The second-order valence-electron chi connectivity index (χ2n) is 4.17. The number of hydrogen-bond acceptors (Lipinski definition) is 4. The smallest absolute Gasteiger partial charge is 0.0771 e. The third-order valence-electron chi connectivity index (χ3n) is 2.65. The summed E-state index contributed by atoms with van der Waals surface area (Å²) in [6, 6.07) is 6.53. The molecule has 0 radical (unpaired) electrons. The third kappa shape index (κ3) is 4.89. The van der Waals surface area contributed by atoms with Crippen LogP contribution in [-0.4, -0.2) is 29.7 Å². The maximum absolute atomic E-state index is 8.66. The Bertz CT molecular complexity index is 464. The van der Waals surface area contributed by atoms with E-state index in [4.69, 9.17) is 10.4 Å². The van der Waals surface area contributed by atoms with E-state index >= 15 is 0 Å². The van der Waals surface area contributed by atoms with E-state index in [1.807, 2.05) is 13.1 Å². The summed E-state index contributed by atoms with van der Waals surface area (Å²) in [6.07, 6.45) is 1.07. The van der Waals surface area contributed by atoms with Crippen LogP contribution in [0.2, 0.25) is 0 Å². The molecule has 3 nitrogen and oxygen atoms in total. The Hall–Kier alpha value is -1.33. The van der Waals surface area contributed by atoms with Crippen LogP contribution >= 0.6 is 11.3 Å². The van der Waals surface area contributed by atoms with Crippen molar-refractivity contribution in [3.05, 3.63) is 21.9 Å². The van der Waals surface area contributed by atoms with E-state index in [2.05, 4.69) is 35.8 Å². The summed E-state index contributed by atoms with van der Waals surface area (Å²) >= 11 is 1.67. The van der Waals surface area contributed by atoms with Gasteiger partial charge in [0, 0.05) is 23.9 Å².